The van der Waals surface area contributed by atoms with Gasteiger partial charge >= 0.3 is 5.97 Å². The van der Waals surface area contributed by atoms with E-state index in [1.165, 1.54) is 20.0 Å². The monoisotopic (exact) mass is 196 g/mol. The molecule has 0 bridgehead atoms. The van der Waals surface area contributed by atoms with Crippen LogP contribution >= 0.6 is 0 Å². The summed E-state index contributed by atoms with van der Waals surface area (Å²) in [4.78, 5) is 11.8. The summed E-state index contributed by atoms with van der Waals surface area (Å²) in [6.45, 7) is 5.86. The van der Waals surface area contributed by atoms with Gasteiger partial charge in [-0.05, 0) is 25.2 Å². The molecule has 0 saturated heterocycles. The van der Waals surface area contributed by atoms with E-state index < -0.39 is 5.41 Å². The van der Waals surface area contributed by atoms with Gasteiger partial charge in [-0.2, -0.15) is 0 Å². The van der Waals surface area contributed by atoms with Crippen LogP contribution in [0.15, 0.2) is 12.7 Å². The average Bonchev–Trinajstić information content (AvgIpc) is 2.74. The Morgan fingerprint density at radius 2 is 2.14 bits per heavy atom. The topological polar surface area (TPSA) is 26.3 Å². The van der Waals surface area contributed by atoms with Gasteiger partial charge in [0.2, 0.25) is 0 Å². The standard InChI is InChI=1S/C12H20O2/c1-4-12(5-2,11(13)14-3)10-8-6-7-9-10/h4,10H,1,5-9H2,2-3H3/t12-/m0/s1. The zero-order valence-corrected chi connectivity index (χ0v) is 9.21. The molecule has 0 amide bonds. The van der Waals surface area contributed by atoms with Gasteiger partial charge in [0.05, 0.1) is 12.5 Å². The van der Waals surface area contributed by atoms with Crippen molar-refractivity contribution < 1.29 is 9.53 Å². The molecule has 0 aromatic rings. The summed E-state index contributed by atoms with van der Waals surface area (Å²) < 4.78 is 4.90. The van der Waals surface area contributed by atoms with Crippen molar-refractivity contribution in [3.05, 3.63) is 12.7 Å². The molecule has 1 aliphatic carbocycles. The van der Waals surface area contributed by atoms with Crippen molar-refractivity contribution in [3.63, 3.8) is 0 Å². The first kappa shape index (κ1) is 11.3. The number of ether oxygens (including phenoxy) is 1. The number of rotatable bonds is 4. The number of carbonyl (C=O) groups excluding carboxylic acids is 1. The van der Waals surface area contributed by atoms with Gasteiger partial charge in [0, 0.05) is 0 Å². The summed E-state index contributed by atoms with van der Waals surface area (Å²) in [7, 11) is 1.46. The largest absolute Gasteiger partial charge is 0.468 e. The highest BCUT2D eigenvalue weighted by Gasteiger charge is 2.43. The van der Waals surface area contributed by atoms with E-state index in [-0.39, 0.29) is 5.97 Å². The second-order valence-electron chi connectivity index (χ2n) is 4.07. The summed E-state index contributed by atoms with van der Waals surface area (Å²) in [6.07, 6.45) is 7.33. The molecular weight excluding hydrogens is 176 g/mol. The van der Waals surface area contributed by atoms with Gasteiger partial charge in [0.25, 0.3) is 0 Å². The van der Waals surface area contributed by atoms with Crippen LogP contribution in [0.5, 0.6) is 0 Å². The van der Waals surface area contributed by atoms with Crippen LogP contribution in [0.2, 0.25) is 0 Å². The van der Waals surface area contributed by atoms with Crippen LogP contribution < -0.4 is 0 Å². The molecular formula is C12H20O2. The second-order valence-corrected chi connectivity index (χ2v) is 4.07. The molecule has 1 atom stereocenters. The lowest BCUT2D eigenvalue weighted by molar-refractivity contribution is -0.153. The highest BCUT2D eigenvalue weighted by molar-refractivity contribution is 5.79. The smallest absolute Gasteiger partial charge is 0.315 e. The summed E-state index contributed by atoms with van der Waals surface area (Å²) in [5, 5.41) is 0. The first-order valence-electron chi connectivity index (χ1n) is 5.43. The highest BCUT2D eigenvalue weighted by atomic mass is 16.5. The van der Waals surface area contributed by atoms with Crippen LogP contribution in [0.25, 0.3) is 0 Å². The molecule has 0 spiro atoms. The molecule has 1 rings (SSSR count). The third-order valence-corrected chi connectivity index (χ3v) is 3.60. The SMILES string of the molecule is C=C[C@@](CC)(C(=O)OC)C1CCCC1. The molecule has 0 radical (unpaired) electrons. The van der Waals surface area contributed by atoms with E-state index in [4.69, 9.17) is 4.74 Å². The van der Waals surface area contributed by atoms with Crippen LogP contribution in [0.1, 0.15) is 39.0 Å². The lowest BCUT2D eigenvalue weighted by Gasteiger charge is -2.32. The summed E-state index contributed by atoms with van der Waals surface area (Å²) in [5.74, 6) is 0.333. The van der Waals surface area contributed by atoms with Crippen molar-refractivity contribution in [1.82, 2.24) is 0 Å². The minimum absolute atomic E-state index is 0.109. The first-order valence-corrected chi connectivity index (χ1v) is 5.43. The molecule has 1 saturated carbocycles. The second kappa shape index (κ2) is 4.63. The van der Waals surface area contributed by atoms with Gasteiger partial charge in [-0.15, -0.1) is 6.58 Å². The number of esters is 1. The number of hydrogen-bond acceptors (Lipinski definition) is 2. The number of carbonyl (C=O) groups is 1. The Morgan fingerprint density at radius 1 is 1.57 bits per heavy atom. The predicted octanol–water partition coefficient (Wildman–Crippen LogP) is 2.93. The van der Waals surface area contributed by atoms with Crippen molar-refractivity contribution in [3.8, 4) is 0 Å². The van der Waals surface area contributed by atoms with Crippen LogP contribution in [-0.2, 0) is 9.53 Å². The highest BCUT2D eigenvalue weighted by Crippen LogP contribution is 2.44. The van der Waals surface area contributed by atoms with Crippen molar-refractivity contribution >= 4 is 5.97 Å². The van der Waals surface area contributed by atoms with Crippen LogP contribution in [0.3, 0.4) is 0 Å². The number of methoxy groups -OCH3 is 1. The maximum absolute atomic E-state index is 11.8. The predicted molar refractivity (Wildman–Crippen MR) is 56.9 cm³/mol. The average molecular weight is 196 g/mol. The summed E-state index contributed by atoms with van der Waals surface area (Å²) >= 11 is 0. The van der Waals surface area contributed by atoms with E-state index in [1.54, 1.807) is 6.08 Å². The van der Waals surface area contributed by atoms with Crippen molar-refractivity contribution in [2.45, 2.75) is 39.0 Å². The molecule has 0 unspecified atom stereocenters. The lowest BCUT2D eigenvalue weighted by Crippen LogP contribution is -2.36. The molecule has 80 valence electrons. The van der Waals surface area contributed by atoms with Crippen molar-refractivity contribution in [1.29, 1.82) is 0 Å². The zero-order valence-electron chi connectivity index (χ0n) is 9.21. The normalized spacial score (nSPS) is 21.6. The summed E-state index contributed by atoms with van der Waals surface area (Å²) in [5.41, 5.74) is -0.425. The zero-order chi connectivity index (χ0) is 10.6. The van der Waals surface area contributed by atoms with Crippen LogP contribution in [0.4, 0.5) is 0 Å². The fraction of sp³-hybridized carbons (Fsp3) is 0.750. The molecule has 2 nitrogen and oxygen atoms in total. The molecule has 0 N–H and O–H groups in total. The molecule has 0 aliphatic heterocycles. The molecule has 14 heavy (non-hydrogen) atoms. The maximum atomic E-state index is 11.8. The van der Waals surface area contributed by atoms with Gasteiger partial charge < -0.3 is 4.74 Å². The van der Waals surface area contributed by atoms with E-state index in [9.17, 15) is 4.79 Å². The summed E-state index contributed by atoms with van der Waals surface area (Å²) in [6, 6.07) is 0. The molecule has 1 fully saturated rings. The Labute approximate surface area is 86.3 Å². The van der Waals surface area contributed by atoms with E-state index in [2.05, 4.69) is 6.58 Å². The van der Waals surface area contributed by atoms with Crippen LogP contribution in [0, 0.1) is 11.3 Å². The Morgan fingerprint density at radius 3 is 2.50 bits per heavy atom. The van der Waals surface area contributed by atoms with Gasteiger partial charge in [0.15, 0.2) is 0 Å². The van der Waals surface area contributed by atoms with E-state index in [1.807, 2.05) is 6.92 Å². The fourth-order valence-corrected chi connectivity index (χ4v) is 2.62. The van der Waals surface area contributed by atoms with Gasteiger partial charge in [-0.1, -0.05) is 25.8 Å². The quantitative estimate of drug-likeness (QED) is 0.510. The maximum Gasteiger partial charge on any atom is 0.315 e. The molecule has 0 aromatic heterocycles. The molecule has 0 heterocycles. The van der Waals surface area contributed by atoms with Crippen molar-refractivity contribution in [2.75, 3.05) is 7.11 Å². The van der Waals surface area contributed by atoms with Gasteiger partial charge in [-0.3, -0.25) is 4.79 Å². The lowest BCUT2D eigenvalue weighted by atomic mass is 9.72. The first-order chi connectivity index (χ1) is 6.71. The third kappa shape index (κ3) is 1.70. The fourth-order valence-electron chi connectivity index (χ4n) is 2.62. The third-order valence-electron chi connectivity index (χ3n) is 3.60. The van der Waals surface area contributed by atoms with E-state index >= 15 is 0 Å². The Hall–Kier alpha value is -0.790. The van der Waals surface area contributed by atoms with Crippen LogP contribution in [-0.4, -0.2) is 13.1 Å². The molecule has 2 heteroatoms. The van der Waals surface area contributed by atoms with Gasteiger partial charge in [-0.25, -0.2) is 0 Å². The molecule has 1 aliphatic rings. The Kier molecular flexibility index (Phi) is 3.73. The number of hydrogen-bond donors (Lipinski definition) is 0. The minimum Gasteiger partial charge on any atom is -0.468 e. The van der Waals surface area contributed by atoms with Gasteiger partial charge in [0.1, 0.15) is 0 Å². The van der Waals surface area contributed by atoms with E-state index in [0.29, 0.717) is 5.92 Å². The Bertz CT molecular complexity index is 216. The Balaban J connectivity index is 2.88. The minimum atomic E-state index is -0.425. The van der Waals surface area contributed by atoms with E-state index in [0.717, 1.165) is 19.3 Å². The van der Waals surface area contributed by atoms with Crippen molar-refractivity contribution in [2.24, 2.45) is 11.3 Å². The molecule has 0 aromatic carbocycles.